The molecule has 1 aromatic carbocycles. The number of aromatic nitrogens is 1. The lowest BCUT2D eigenvalue weighted by atomic mass is 10.3. The van der Waals surface area contributed by atoms with Gasteiger partial charge in [-0.2, -0.15) is 0 Å². The Bertz CT molecular complexity index is 489. The standard InChI is InChI=1S/C14H17NO3Si/c1-16-19(17-2,14-8-4-3-5-9-14)18-12-13-7-6-10-15-11-13/h3-11H,12H2,1-2H3. The number of hydrogen-bond donors (Lipinski definition) is 0. The first kappa shape index (κ1) is 13.9. The molecule has 0 amide bonds. The fourth-order valence-corrected chi connectivity index (χ4v) is 3.82. The summed E-state index contributed by atoms with van der Waals surface area (Å²) in [5.74, 6) is 0. The average molecular weight is 275 g/mol. The number of pyridine rings is 1. The molecule has 0 saturated heterocycles. The molecule has 1 heterocycles. The minimum atomic E-state index is -2.83. The fraction of sp³-hybridized carbons (Fsp3) is 0.214. The van der Waals surface area contributed by atoms with Crippen LogP contribution in [0, 0.1) is 0 Å². The molecule has 0 spiro atoms. The lowest BCUT2D eigenvalue weighted by Crippen LogP contribution is -2.55. The zero-order valence-corrected chi connectivity index (χ0v) is 12.1. The number of nitrogens with zero attached hydrogens (tertiary/aromatic N) is 1. The molecule has 0 bridgehead atoms. The summed E-state index contributed by atoms with van der Waals surface area (Å²) in [4.78, 5) is 4.06. The Morgan fingerprint density at radius 2 is 1.74 bits per heavy atom. The molecular weight excluding hydrogens is 258 g/mol. The van der Waals surface area contributed by atoms with Crippen molar-refractivity contribution in [3.05, 3.63) is 60.4 Å². The Balaban J connectivity index is 2.16. The molecule has 0 aliphatic carbocycles. The summed E-state index contributed by atoms with van der Waals surface area (Å²) < 4.78 is 17.1. The topological polar surface area (TPSA) is 40.6 Å². The highest BCUT2D eigenvalue weighted by atomic mass is 28.4. The van der Waals surface area contributed by atoms with Gasteiger partial charge in [-0.3, -0.25) is 4.98 Å². The van der Waals surface area contributed by atoms with Crippen molar-refractivity contribution in [1.82, 2.24) is 4.98 Å². The van der Waals surface area contributed by atoms with Crippen LogP contribution in [-0.4, -0.2) is 28.0 Å². The van der Waals surface area contributed by atoms with Gasteiger partial charge in [0.15, 0.2) is 0 Å². The average Bonchev–Trinajstić information content (AvgIpc) is 2.51. The second kappa shape index (κ2) is 6.58. The molecular formula is C14H17NO3Si. The van der Waals surface area contributed by atoms with Crippen LogP contribution in [0.3, 0.4) is 0 Å². The van der Waals surface area contributed by atoms with Gasteiger partial charge in [-0.15, -0.1) is 0 Å². The summed E-state index contributed by atoms with van der Waals surface area (Å²) in [6, 6.07) is 13.6. The Morgan fingerprint density at radius 3 is 2.32 bits per heavy atom. The van der Waals surface area contributed by atoms with Gasteiger partial charge in [0.25, 0.3) is 0 Å². The summed E-state index contributed by atoms with van der Waals surface area (Å²) in [5, 5.41) is 0.948. The monoisotopic (exact) mass is 275 g/mol. The van der Waals surface area contributed by atoms with E-state index in [1.807, 2.05) is 42.5 Å². The van der Waals surface area contributed by atoms with E-state index < -0.39 is 8.80 Å². The molecule has 0 N–H and O–H groups in total. The Hall–Kier alpha value is -1.53. The third-order valence-electron chi connectivity index (χ3n) is 2.82. The van der Waals surface area contributed by atoms with Gasteiger partial charge in [-0.05, 0) is 11.6 Å². The van der Waals surface area contributed by atoms with Gasteiger partial charge < -0.3 is 13.3 Å². The summed E-state index contributed by atoms with van der Waals surface area (Å²) in [7, 11) is 0.404. The molecule has 2 rings (SSSR count). The van der Waals surface area contributed by atoms with E-state index in [0.29, 0.717) is 6.61 Å². The van der Waals surface area contributed by atoms with Gasteiger partial charge in [0.2, 0.25) is 0 Å². The van der Waals surface area contributed by atoms with Crippen LogP contribution in [0.25, 0.3) is 0 Å². The maximum atomic E-state index is 5.95. The molecule has 2 aromatic rings. The van der Waals surface area contributed by atoms with E-state index >= 15 is 0 Å². The summed E-state index contributed by atoms with van der Waals surface area (Å²) >= 11 is 0. The smallest absolute Gasteiger partial charge is 0.373 e. The summed E-state index contributed by atoms with van der Waals surface area (Å²) in [6.07, 6.45) is 3.51. The van der Waals surface area contributed by atoms with E-state index in [1.165, 1.54) is 0 Å². The van der Waals surface area contributed by atoms with Crippen LogP contribution in [0.1, 0.15) is 5.56 Å². The Labute approximate surface area is 114 Å². The quantitative estimate of drug-likeness (QED) is 0.753. The molecule has 0 radical (unpaired) electrons. The molecule has 0 atom stereocenters. The highest BCUT2D eigenvalue weighted by molar-refractivity contribution is 6.75. The van der Waals surface area contributed by atoms with Crippen LogP contribution in [0.15, 0.2) is 54.9 Å². The summed E-state index contributed by atoms with van der Waals surface area (Å²) in [5.41, 5.74) is 0.990. The van der Waals surface area contributed by atoms with Gasteiger partial charge in [-0.25, -0.2) is 0 Å². The maximum Gasteiger partial charge on any atom is 0.536 e. The van der Waals surface area contributed by atoms with Gasteiger partial charge in [0, 0.05) is 31.8 Å². The molecule has 1 aromatic heterocycles. The van der Waals surface area contributed by atoms with Crippen LogP contribution in [0.5, 0.6) is 0 Å². The van der Waals surface area contributed by atoms with Crippen LogP contribution >= 0.6 is 0 Å². The molecule has 0 aliphatic heterocycles. The van der Waals surface area contributed by atoms with Crippen LogP contribution in [0.2, 0.25) is 0 Å². The molecule has 100 valence electrons. The fourth-order valence-electron chi connectivity index (χ4n) is 1.82. The molecule has 19 heavy (non-hydrogen) atoms. The molecule has 4 nitrogen and oxygen atoms in total. The Morgan fingerprint density at radius 1 is 1.00 bits per heavy atom. The minimum Gasteiger partial charge on any atom is -0.373 e. The predicted octanol–water partition coefficient (Wildman–Crippen LogP) is 1.74. The van der Waals surface area contributed by atoms with E-state index in [9.17, 15) is 0 Å². The van der Waals surface area contributed by atoms with Gasteiger partial charge in [-0.1, -0.05) is 36.4 Å². The zero-order chi connectivity index (χ0) is 13.6. The zero-order valence-electron chi connectivity index (χ0n) is 11.1. The molecule has 0 unspecified atom stereocenters. The van der Waals surface area contributed by atoms with E-state index in [0.717, 1.165) is 10.8 Å². The van der Waals surface area contributed by atoms with Gasteiger partial charge in [0.1, 0.15) is 0 Å². The van der Waals surface area contributed by atoms with Crippen molar-refractivity contribution >= 4 is 14.0 Å². The van der Waals surface area contributed by atoms with Crippen molar-refractivity contribution in [2.45, 2.75) is 6.61 Å². The summed E-state index contributed by atoms with van der Waals surface area (Å²) in [6.45, 7) is 0.413. The van der Waals surface area contributed by atoms with Crippen molar-refractivity contribution in [3.8, 4) is 0 Å². The largest absolute Gasteiger partial charge is 0.536 e. The molecule has 5 heteroatoms. The first-order chi connectivity index (χ1) is 9.30. The molecule has 0 saturated carbocycles. The van der Waals surface area contributed by atoms with Crippen LogP contribution < -0.4 is 5.19 Å². The van der Waals surface area contributed by atoms with Gasteiger partial charge in [0.05, 0.1) is 6.61 Å². The van der Waals surface area contributed by atoms with Crippen LogP contribution in [-0.2, 0) is 19.9 Å². The lowest BCUT2D eigenvalue weighted by molar-refractivity contribution is 0.106. The molecule has 0 fully saturated rings. The number of rotatable bonds is 6. The number of hydrogen-bond acceptors (Lipinski definition) is 4. The van der Waals surface area contributed by atoms with E-state index in [4.69, 9.17) is 13.3 Å². The third-order valence-corrected chi connectivity index (χ3v) is 5.46. The third kappa shape index (κ3) is 3.27. The van der Waals surface area contributed by atoms with E-state index in [2.05, 4.69) is 4.98 Å². The number of benzene rings is 1. The van der Waals surface area contributed by atoms with Crippen molar-refractivity contribution in [2.75, 3.05) is 14.2 Å². The predicted molar refractivity (Wildman–Crippen MR) is 74.9 cm³/mol. The minimum absolute atomic E-state index is 0.413. The van der Waals surface area contributed by atoms with E-state index in [1.54, 1.807) is 26.6 Å². The van der Waals surface area contributed by atoms with Crippen LogP contribution in [0.4, 0.5) is 0 Å². The highest BCUT2D eigenvalue weighted by Gasteiger charge is 2.41. The maximum absolute atomic E-state index is 5.95. The lowest BCUT2D eigenvalue weighted by Gasteiger charge is -2.26. The van der Waals surface area contributed by atoms with Crippen molar-refractivity contribution in [2.24, 2.45) is 0 Å². The molecule has 0 aliphatic rings. The SMILES string of the molecule is CO[Si](OC)(OCc1cccnc1)c1ccccc1. The van der Waals surface area contributed by atoms with Crippen molar-refractivity contribution in [3.63, 3.8) is 0 Å². The van der Waals surface area contributed by atoms with Crippen molar-refractivity contribution < 1.29 is 13.3 Å². The Kier molecular flexibility index (Phi) is 4.81. The van der Waals surface area contributed by atoms with Gasteiger partial charge >= 0.3 is 8.80 Å². The van der Waals surface area contributed by atoms with E-state index in [-0.39, 0.29) is 0 Å². The second-order valence-electron chi connectivity index (χ2n) is 3.98. The normalized spacial score (nSPS) is 11.5. The first-order valence-electron chi connectivity index (χ1n) is 5.99. The first-order valence-corrected chi connectivity index (χ1v) is 7.72. The highest BCUT2D eigenvalue weighted by Crippen LogP contribution is 2.11. The van der Waals surface area contributed by atoms with Crippen molar-refractivity contribution in [1.29, 1.82) is 0 Å². The second-order valence-corrected chi connectivity index (χ2v) is 6.78.